The molecule has 1 amide bonds. The number of benzene rings is 1. The fraction of sp³-hybridized carbons (Fsp3) is 0.381. The molecule has 0 bridgehead atoms. The average Bonchev–Trinajstić information content (AvgIpc) is 3.07. The summed E-state index contributed by atoms with van der Waals surface area (Å²) in [6.45, 7) is 6.96. The second-order valence-corrected chi connectivity index (χ2v) is 8.82. The molecule has 0 saturated heterocycles. The van der Waals surface area contributed by atoms with Gasteiger partial charge in [0, 0.05) is 29.9 Å². The number of rotatable bonds is 3. The minimum absolute atomic E-state index is 0.0195. The van der Waals surface area contributed by atoms with Crippen LogP contribution in [0.4, 0.5) is 0 Å². The summed E-state index contributed by atoms with van der Waals surface area (Å²) in [6.07, 6.45) is 1.38. The molecular weight excluding hydrogens is 410 g/mol. The summed E-state index contributed by atoms with van der Waals surface area (Å²) >= 11 is 7.72. The number of nitrogens with zero attached hydrogens (tertiary/aromatic N) is 3. The highest BCUT2D eigenvalue weighted by Crippen LogP contribution is 2.33. The van der Waals surface area contributed by atoms with Crippen LogP contribution in [0.3, 0.4) is 0 Å². The first-order chi connectivity index (χ1) is 13.8. The number of aromatic nitrogens is 2. The Morgan fingerprint density at radius 2 is 2.03 bits per heavy atom. The molecule has 8 heteroatoms. The SMILES string of the molecule is CCCn1c(=O)n(-c2cccc(Cl)c2C)c(=O)c2c3c(sc21)CN(C(C)=O)CC3. The summed E-state index contributed by atoms with van der Waals surface area (Å²) in [7, 11) is 0. The van der Waals surface area contributed by atoms with Crippen LogP contribution in [0.1, 0.15) is 36.3 Å². The van der Waals surface area contributed by atoms with E-state index in [0.717, 1.165) is 16.9 Å². The monoisotopic (exact) mass is 431 g/mol. The van der Waals surface area contributed by atoms with Gasteiger partial charge in [0.1, 0.15) is 4.83 Å². The quantitative estimate of drug-likeness (QED) is 0.637. The molecule has 6 nitrogen and oxygen atoms in total. The van der Waals surface area contributed by atoms with Crippen molar-refractivity contribution in [3.63, 3.8) is 0 Å². The minimum Gasteiger partial charge on any atom is -0.337 e. The highest BCUT2D eigenvalue weighted by Gasteiger charge is 2.27. The van der Waals surface area contributed by atoms with Crippen LogP contribution in [0.25, 0.3) is 15.9 Å². The zero-order valence-corrected chi connectivity index (χ0v) is 18.2. The lowest BCUT2D eigenvalue weighted by Gasteiger charge is -2.25. The van der Waals surface area contributed by atoms with Gasteiger partial charge in [-0.25, -0.2) is 9.36 Å². The van der Waals surface area contributed by atoms with E-state index in [0.29, 0.717) is 52.5 Å². The Kier molecular flexibility index (Phi) is 5.12. The van der Waals surface area contributed by atoms with Crippen LogP contribution in [0.15, 0.2) is 27.8 Å². The molecule has 2 aromatic heterocycles. The van der Waals surface area contributed by atoms with Crippen molar-refractivity contribution in [2.45, 2.75) is 46.7 Å². The number of amides is 1. The van der Waals surface area contributed by atoms with Gasteiger partial charge in [0.15, 0.2) is 0 Å². The first kappa shape index (κ1) is 19.9. The predicted molar refractivity (Wildman–Crippen MR) is 117 cm³/mol. The Balaban J connectivity index is 2.07. The highest BCUT2D eigenvalue weighted by atomic mass is 35.5. The fourth-order valence-corrected chi connectivity index (χ4v) is 5.49. The van der Waals surface area contributed by atoms with Gasteiger partial charge < -0.3 is 4.90 Å². The second kappa shape index (κ2) is 7.46. The van der Waals surface area contributed by atoms with Crippen LogP contribution < -0.4 is 11.2 Å². The number of carbonyl (C=O) groups is 1. The van der Waals surface area contributed by atoms with Crippen molar-refractivity contribution in [3.05, 3.63) is 60.1 Å². The van der Waals surface area contributed by atoms with E-state index in [1.807, 2.05) is 13.8 Å². The maximum absolute atomic E-state index is 13.6. The lowest BCUT2D eigenvalue weighted by atomic mass is 10.1. The smallest absolute Gasteiger partial charge is 0.336 e. The molecule has 0 fully saturated rings. The molecule has 3 heterocycles. The van der Waals surface area contributed by atoms with E-state index < -0.39 is 0 Å². The number of fused-ring (bicyclic) bond motifs is 3. The topological polar surface area (TPSA) is 64.3 Å². The number of halogens is 1. The van der Waals surface area contributed by atoms with Gasteiger partial charge in [0.05, 0.1) is 17.6 Å². The number of hydrogen-bond acceptors (Lipinski definition) is 4. The normalized spacial score (nSPS) is 13.7. The van der Waals surface area contributed by atoms with Gasteiger partial charge in [-0.2, -0.15) is 0 Å². The number of hydrogen-bond donors (Lipinski definition) is 0. The Bertz CT molecular complexity index is 1250. The molecule has 0 aliphatic carbocycles. The van der Waals surface area contributed by atoms with Gasteiger partial charge >= 0.3 is 5.69 Å². The highest BCUT2D eigenvalue weighted by molar-refractivity contribution is 7.18. The van der Waals surface area contributed by atoms with Crippen LogP contribution in [0.5, 0.6) is 0 Å². The van der Waals surface area contributed by atoms with Crippen molar-refractivity contribution in [3.8, 4) is 5.69 Å². The summed E-state index contributed by atoms with van der Waals surface area (Å²) in [5.41, 5.74) is 1.52. The van der Waals surface area contributed by atoms with Crippen molar-refractivity contribution in [1.82, 2.24) is 14.0 Å². The Hall–Kier alpha value is -2.38. The zero-order chi connectivity index (χ0) is 20.9. The van der Waals surface area contributed by atoms with Gasteiger partial charge in [-0.15, -0.1) is 11.3 Å². The lowest BCUT2D eigenvalue weighted by molar-refractivity contribution is -0.129. The van der Waals surface area contributed by atoms with E-state index in [4.69, 9.17) is 11.6 Å². The van der Waals surface area contributed by atoms with E-state index in [1.165, 1.54) is 15.9 Å². The van der Waals surface area contributed by atoms with Crippen molar-refractivity contribution in [2.24, 2.45) is 0 Å². The molecule has 1 aliphatic rings. The Morgan fingerprint density at radius 3 is 2.72 bits per heavy atom. The first-order valence-corrected chi connectivity index (χ1v) is 10.9. The van der Waals surface area contributed by atoms with Crippen molar-refractivity contribution in [2.75, 3.05) is 6.54 Å². The van der Waals surface area contributed by atoms with Crippen LogP contribution in [-0.2, 0) is 24.3 Å². The molecule has 0 N–H and O–H groups in total. The summed E-state index contributed by atoms with van der Waals surface area (Å²) in [4.78, 5) is 42.2. The summed E-state index contributed by atoms with van der Waals surface area (Å²) in [5.74, 6) is 0.0195. The van der Waals surface area contributed by atoms with E-state index in [2.05, 4.69) is 0 Å². The molecule has 1 aromatic carbocycles. The number of aryl methyl sites for hydroxylation is 1. The van der Waals surface area contributed by atoms with Crippen molar-refractivity contribution in [1.29, 1.82) is 0 Å². The fourth-order valence-electron chi connectivity index (χ4n) is 3.95. The second-order valence-electron chi connectivity index (χ2n) is 7.33. The molecule has 152 valence electrons. The molecule has 0 spiro atoms. The van der Waals surface area contributed by atoms with Gasteiger partial charge in [-0.3, -0.25) is 14.2 Å². The van der Waals surface area contributed by atoms with E-state index in [9.17, 15) is 14.4 Å². The van der Waals surface area contributed by atoms with E-state index in [-0.39, 0.29) is 17.2 Å². The van der Waals surface area contributed by atoms with Crippen LogP contribution in [0.2, 0.25) is 5.02 Å². The van der Waals surface area contributed by atoms with Crippen LogP contribution in [-0.4, -0.2) is 26.5 Å². The van der Waals surface area contributed by atoms with Crippen molar-refractivity contribution >= 4 is 39.1 Å². The number of thiophene rings is 1. The zero-order valence-electron chi connectivity index (χ0n) is 16.6. The summed E-state index contributed by atoms with van der Waals surface area (Å²) < 4.78 is 2.95. The molecule has 1 aliphatic heterocycles. The molecule has 29 heavy (non-hydrogen) atoms. The largest absolute Gasteiger partial charge is 0.337 e. The van der Waals surface area contributed by atoms with Gasteiger partial charge in [0.25, 0.3) is 5.56 Å². The molecule has 3 aromatic rings. The predicted octanol–water partition coefficient (Wildman–Crippen LogP) is 3.49. The molecule has 0 atom stereocenters. The molecular formula is C21H22ClN3O3S. The van der Waals surface area contributed by atoms with Gasteiger partial charge in [0.2, 0.25) is 5.91 Å². The minimum atomic E-state index is -0.350. The van der Waals surface area contributed by atoms with Gasteiger partial charge in [-0.05, 0) is 43.0 Å². The third kappa shape index (κ3) is 3.13. The van der Waals surface area contributed by atoms with Crippen LogP contribution in [0, 0.1) is 6.92 Å². The first-order valence-electron chi connectivity index (χ1n) is 9.66. The third-order valence-corrected chi connectivity index (χ3v) is 7.14. The molecule has 0 unspecified atom stereocenters. The number of carbonyl (C=O) groups excluding carboxylic acids is 1. The van der Waals surface area contributed by atoms with E-state index in [1.54, 1.807) is 34.6 Å². The maximum Gasteiger partial charge on any atom is 0.336 e. The van der Waals surface area contributed by atoms with Crippen molar-refractivity contribution < 1.29 is 4.79 Å². The van der Waals surface area contributed by atoms with Crippen LogP contribution >= 0.6 is 22.9 Å². The maximum atomic E-state index is 13.6. The van der Waals surface area contributed by atoms with Gasteiger partial charge in [-0.1, -0.05) is 24.6 Å². The third-order valence-electron chi connectivity index (χ3n) is 5.50. The molecule has 0 radical (unpaired) electrons. The Morgan fingerprint density at radius 1 is 1.28 bits per heavy atom. The average molecular weight is 432 g/mol. The van der Waals surface area contributed by atoms with E-state index >= 15 is 0 Å². The summed E-state index contributed by atoms with van der Waals surface area (Å²) in [5, 5.41) is 1.11. The standard InChI is InChI=1S/C21H22ClN3O3S/c1-4-9-24-20-18(14-8-10-23(13(3)26)11-17(14)29-20)19(27)25(21(24)28)16-7-5-6-15(22)12(16)2/h5-7H,4,8-11H2,1-3H3. The Labute approximate surface area is 176 Å². The summed E-state index contributed by atoms with van der Waals surface area (Å²) in [6, 6.07) is 5.25. The lowest BCUT2D eigenvalue weighted by Crippen LogP contribution is -2.39. The molecule has 0 saturated carbocycles. The molecule has 4 rings (SSSR count).